The monoisotopic (exact) mass is 554 g/mol. The van der Waals surface area contributed by atoms with Crippen molar-refractivity contribution in [2.45, 2.75) is 136 Å². The Hall–Kier alpha value is -1.93. The number of carbonyl (C=O) groups excluding carboxylic acids is 3. The van der Waals surface area contributed by atoms with Crippen LogP contribution in [0, 0.1) is 5.41 Å². The molecule has 0 rings (SSSR count). The maximum Gasteiger partial charge on any atom is 0.307 e. The van der Waals surface area contributed by atoms with E-state index in [9.17, 15) is 24.6 Å². The number of esters is 1. The maximum atomic E-state index is 11.9. The number of ether oxygens (including phenoxy) is 1. The van der Waals surface area contributed by atoms with E-state index in [2.05, 4.69) is 29.7 Å². The van der Waals surface area contributed by atoms with Gasteiger partial charge in [0.05, 0.1) is 19.6 Å². The summed E-state index contributed by atoms with van der Waals surface area (Å²) in [7, 11) is 0. The molecule has 0 fully saturated rings. The first-order valence-corrected chi connectivity index (χ1v) is 15.4. The van der Waals surface area contributed by atoms with Crippen LogP contribution >= 0.6 is 0 Å². The van der Waals surface area contributed by atoms with Gasteiger partial charge in [-0.25, -0.2) is 0 Å². The van der Waals surface area contributed by atoms with Gasteiger partial charge in [0.15, 0.2) is 0 Å². The van der Waals surface area contributed by atoms with Crippen molar-refractivity contribution in [3.05, 3.63) is 12.2 Å². The molecule has 0 heterocycles. The molecule has 1 atom stereocenters. The maximum absolute atomic E-state index is 11.9. The quantitative estimate of drug-likeness (QED) is 0.0649. The Morgan fingerprint density at radius 1 is 0.769 bits per heavy atom. The first kappa shape index (κ1) is 37.1. The average Bonchev–Trinajstić information content (AvgIpc) is 2.92. The summed E-state index contributed by atoms with van der Waals surface area (Å²) in [5, 5.41) is 24.5. The zero-order chi connectivity index (χ0) is 29.2. The molecule has 8 nitrogen and oxygen atoms in total. The molecule has 0 aliphatic carbocycles. The summed E-state index contributed by atoms with van der Waals surface area (Å²) >= 11 is 0. The van der Waals surface area contributed by atoms with Gasteiger partial charge in [-0.2, -0.15) is 0 Å². The third kappa shape index (κ3) is 22.6. The van der Waals surface area contributed by atoms with E-state index in [4.69, 9.17) is 4.74 Å². The van der Waals surface area contributed by atoms with Crippen molar-refractivity contribution in [2.75, 3.05) is 26.3 Å². The molecule has 0 aliphatic heterocycles. The summed E-state index contributed by atoms with van der Waals surface area (Å²) < 4.78 is 5.13. The third-order valence-electron chi connectivity index (χ3n) is 6.85. The van der Waals surface area contributed by atoms with E-state index in [1.807, 2.05) is 0 Å². The van der Waals surface area contributed by atoms with E-state index in [-0.39, 0.29) is 32.1 Å². The van der Waals surface area contributed by atoms with Crippen molar-refractivity contribution >= 4 is 17.8 Å². The normalized spacial score (nSPS) is 12.4. The standard InChI is InChI=1S/C31H58N2O6/c1-4-5-6-7-8-9-10-11-12-13-14-15-16-17-18-21-27(35)32-23-19-20-25-39-28(36)22-24-33-30(38)29(37)31(2,3)26-34/h11-12,29,34,37H,4-10,13-26H2,1-3H3,(H,32,35)(H,33,38). The van der Waals surface area contributed by atoms with Crippen LogP contribution in [0.15, 0.2) is 12.2 Å². The highest BCUT2D eigenvalue weighted by Gasteiger charge is 2.32. The molecular weight excluding hydrogens is 496 g/mol. The van der Waals surface area contributed by atoms with Crippen LogP contribution in [0.5, 0.6) is 0 Å². The number of amides is 2. The molecule has 2 amide bonds. The van der Waals surface area contributed by atoms with Gasteiger partial charge in [-0.3, -0.25) is 14.4 Å². The van der Waals surface area contributed by atoms with E-state index >= 15 is 0 Å². The molecule has 0 spiro atoms. The van der Waals surface area contributed by atoms with Crippen LogP contribution in [0.3, 0.4) is 0 Å². The summed E-state index contributed by atoms with van der Waals surface area (Å²) in [6.45, 7) is 5.96. The van der Waals surface area contributed by atoms with Crippen LogP contribution in [-0.4, -0.2) is 60.4 Å². The largest absolute Gasteiger partial charge is 0.466 e. The Labute approximate surface area is 237 Å². The Balaban J connectivity index is 3.50. The van der Waals surface area contributed by atoms with Crippen molar-refractivity contribution in [3.63, 3.8) is 0 Å². The lowest BCUT2D eigenvalue weighted by molar-refractivity contribution is -0.144. The van der Waals surface area contributed by atoms with Gasteiger partial charge in [0.1, 0.15) is 6.10 Å². The second kappa shape index (κ2) is 25.1. The van der Waals surface area contributed by atoms with Gasteiger partial charge in [-0.15, -0.1) is 0 Å². The van der Waals surface area contributed by atoms with Crippen molar-refractivity contribution in [2.24, 2.45) is 5.41 Å². The molecule has 0 saturated heterocycles. The number of aliphatic hydroxyl groups excluding tert-OH is 2. The van der Waals surface area contributed by atoms with Gasteiger partial charge in [0, 0.05) is 24.9 Å². The summed E-state index contributed by atoms with van der Waals surface area (Å²) in [5.74, 6) is -0.981. The SMILES string of the molecule is CCCCCCCCC=CCCCCCCCC(=O)NCCCCOC(=O)CCNC(=O)C(O)C(C)(C)CO. The topological polar surface area (TPSA) is 125 Å². The molecule has 0 aromatic heterocycles. The van der Waals surface area contributed by atoms with E-state index < -0.39 is 23.4 Å². The van der Waals surface area contributed by atoms with Crippen LogP contribution in [0.1, 0.15) is 130 Å². The second-order valence-corrected chi connectivity index (χ2v) is 11.2. The Morgan fingerprint density at radius 2 is 1.36 bits per heavy atom. The summed E-state index contributed by atoms with van der Waals surface area (Å²) in [6.07, 6.45) is 21.4. The van der Waals surface area contributed by atoms with Crippen LogP contribution in [-0.2, 0) is 19.1 Å². The first-order chi connectivity index (χ1) is 18.7. The zero-order valence-electron chi connectivity index (χ0n) is 25.1. The smallest absolute Gasteiger partial charge is 0.307 e. The third-order valence-corrected chi connectivity index (χ3v) is 6.85. The Morgan fingerprint density at radius 3 is 1.97 bits per heavy atom. The molecule has 4 N–H and O–H groups in total. The first-order valence-electron chi connectivity index (χ1n) is 15.4. The van der Waals surface area contributed by atoms with Crippen molar-refractivity contribution in [3.8, 4) is 0 Å². The molecule has 39 heavy (non-hydrogen) atoms. The predicted molar refractivity (Wildman–Crippen MR) is 157 cm³/mol. The molecule has 0 bridgehead atoms. The minimum absolute atomic E-state index is 0.00467. The van der Waals surface area contributed by atoms with E-state index in [1.54, 1.807) is 13.8 Å². The lowest BCUT2D eigenvalue weighted by atomic mass is 9.87. The lowest BCUT2D eigenvalue weighted by Gasteiger charge is -2.27. The lowest BCUT2D eigenvalue weighted by Crippen LogP contribution is -2.46. The van der Waals surface area contributed by atoms with Crippen molar-refractivity contribution in [1.82, 2.24) is 10.6 Å². The second-order valence-electron chi connectivity index (χ2n) is 11.2. The highest BCUT2D eigenvalue weighted by molar-refractivity contribution is 5.81. The predicted octanol–water partition coefficient (Wildman–Crippen LogP) is 5.35. The molecule has 0 aromatic rings. The minimum Gasteiger partial charge on any atom is -0.466 e. The molecule has 0 aliphatic rings. The Bertz CT molecular complexity index is 665. The average molecular weight is 555 g/mol. The van der Waals surface area contributed by atoms with E-state index in [0.717, 1.165) is 25.7 Å². The molecule has 0 radical (unpaired) electrons. The van der Waals surface area contributed by atoms with E-state index in [1.165, 1.54) is 64.2 Å². The number of unbranched alkanes of at least 4 members (excludes halogenated alkanes) is 12. The van der Waals surface area contributed by atoms with Crippen molar-refractivity contribution < 1.29 is 29.3 Å². The number of rotatable bonds is 26. The fourth-order valence-electron chi connectivity index (χ4n) is 3.98. The van der Waals surface area contributed by atoms with Gasteiger partial charge in [-0.1, -0.05) is 84.3 Å². The van der Waals surface area contributed by atoms with Gasteiger partial charge >= 0.3 is 5.97 Å². The van der Waals surface area contributed by atoms with Gasteiger partial charge in [0.2, 0.25) is 11.8 Å². The van der Waals surface area contributed by atoms with Crippen LogP contribution in [0.2, 0.25) is 0 Å². The summed E-state index contributed by atoms with van der Waals surface area (Å²) in [6, 6.07) is 0. The molecule has 0 aromatic carbocycles. The zero-order valence-corrected chi connectivity index (χ0v) is 25.1. The molecule has 8 heteroatoms. The number of carbonyl (C=O) groups is 3. The van der Waals surface area contributed by atoms with E-state index in [0.29, 0.717) is 19.4 Å². The molecular formula is C31H58N2O6. The minimum atomic E-state index is -1.36. The summed E-state index contributed by atoms with van der Waals surface area (Å²) in [5.41, 5.74) is -0.954. The summed E-state index contributed by atoms with van der Waals surface area (Å²) in [4.78, 5) is 35.6. The van der Waals surface area contributed by atoms with Gasteiger partial charge in [0.25, 0.3) is 0 Å². The number of allylic oxidation sites excluding steroid dienone is 2. The Kier molecular flexibility index (Phi) is 23.8. The highest BCUT2D eigenvalue weighted by atomic mass is 16.5. The van der Waals surface area contributed by atoms with Crippen LogP contribution in [0.25, 0.3) is 0 Å². The fourth-order valence-corrected chi connectivity index (χ4v) is 3.98. The van der Waals surface area contributed by atoms with Crippen LogP contribution in [0.4, 0.5) is 0 Å². The number of hydrogen-bond acceptors (Lipinski definition) is 6. The number of aliphatic hydroxyl groups is 2. The molecule has 228 valence electrons. The molecule has 1 unspecified atom stereocenters. The van der Waals surface area contributed by atoms with Gasteiger partial charge in [-0.05, 0) is 44.9 Å². The highest BCUT2D eigenvalue weighted by Crippen LogP contribution is 2.19. The van der Waals surface area contributed by atoms with Crippen LogP contribution < -0.4 is 10.6 Å². The van der Waals surface area contributed by atoms with Crippen molar-refractivity contribution in [1.29, 1.82) is 0 Å². The molecule has 0 saturated carbocycles. The fraction of sp³-hybridized carbons (Fsp3) is 0.839. The number of hydrogen-bond donors (Lipinski definition) is 4. The van der Waals surface area contributed by atoms with Gasteiger partial charge < -0.3 is 25.6 Å². The number of nitrogens with one attached hydrogen (secondary N) is 2.